The van der Waals surface area contributed by atoms with Gasteiger partial charge in [-0.05, 0) is 46.3 Å². The average Bonchev–Trinajstić information content (AvgIpc) is 2.67. The molecule has 1 unspecified atom stereocenters. The van der Waals surface area contributed by atoms with Gasteiger partial charge in [0.15, 0.2) is 0 Å². The first-order valence-corrected chi connectivity index (χ1v) is 10.3. The van der Waals surface area contributed by atoms with Gasteiger partial charge in [0.25, 0.3) is 11.4 Å². The van der Waals surface area contributed by atoms with Crippen molar-refractivity contribution in [2.24, 2.45) is 4.74 Å². The highest BCUT2D eigenvalue weighted by atomic mass is 31.1. The normalized spacial score (nSPS) is 14.9. The van der Waals surface area contributed by atoms with Gasteiger partial charge in [-0.2, -0.15) is 8.78 Å². The van der Waals surface area contributed by atoms with Crippen molar-refractivity contribution in [3.8, 4) is 5.75 Å². The molecule has 0 aliphatic heterocycles. The van der Waals surface area contributed by atoms with Gasteiger partial charge in [-0.1, -0.05) is 0 Å². The maximum Gasteiger partial charge on any atom is 0.397 e. The molecule has 1 aromatic carbocycles. The molecule has 0 saturated heterocycles. The molecule has 1 N–H and O–H groups in total. The number of carbonyl (C=O) groups excluding carboxylic acids is 2. The summed E-state index contributed by atoms with van der Waals surface area (Å²) in [6.07, 6.45) is -1.20. The van der Waals surface area contributed by atoms with Gasteiger partial charge in [0.05, 0.1) is 12.2 Å². The Hall–Kier alpha value is -2.37. The minimum Gasteiger partial charge on any atom is -0.575 e. The first kappa shape index (κ1) is 27.7. The van der Waals surface area contributed by atoms with E-state index in [0.29, 0.717) is 0 Å². The van der Waals surface area contributed by atoms with Crippen LogP contribution < -0.4 is 14.7 Å². The second-order valence-electron chi connectivity index (χ2n) is 7.21. The molecule has 32 heavy (non-hydrogen) atoms. The summed E-state index contributed by atoms with van der Waals surface area (Å²) in [4.78, 5) is 36.8. The van der Waals surface area contributed by atoms with E-state index in [9.17, 15) is 36.4 Å². The van der Waals surface area contributed by atoms with E-state index in [1.54, 1.807) is 13.8 Å². The average molecular weight is 488 g/mol. The first-order chi connectivity index (χ1) is 14.6. The lowest BCUT2D eigenvalue weighted by Gasteiger charge is -2.26. The van der Waals surface area contributed by atoms with Gasteiger partial charge < -0.3 is 14.4 Å². The quantitative estimate of drug-likeness (QED) is 0.187. The molecule has 3 atom stereocenters. The van der Waals surface area contributed by atoms with E-state index in [-0.39, 0.29) is 0 Å². The van der Waals surface area contributed by atoms with E-state index in [0.717, 1.165) is 6.92 Å². The SMILES string of the molecule is CC(C)OC(=O)[C@@H](C)N[C@@](C)(N=[P+]([O-])Oc1c(F)c(F)c(F)c(F)c1F)C(=O)OC(C)C. The molecule has 1 rings (SSSR count). The van der Waals surface area contributed by atoms with E-state index in [2.05, 4.69) is 14.6 Å². The summed E-state index contributed by atoms with van der Waals surface area (Å²) in [5, 5.41) is 2.41. The molecular formula is C18H22F5N2O6P. The summed E-state index contributed by atoms with van der Waals surface area (Å²) in [6.45, 7) is 8.36. The summed E-state index contributed by atoms with van der Waals surface area (Å²) in [5.41, 5.74) is -2.29. The minimum absolute atomic E-state index is 0.508. The maximum atomic E-state index is 13.8. The van der Waals surface area contributed by atoms with Crippen LogP contribution in [-0.4, -0.2) is 35.9 Å². The number of esters is 2. The van der Waals surface area contributed by atoms with Crippen molar-refractivity contribution in [2.45, 2.75) is 65.5 Å². The lowest BCUT2D eigenvalue weighted by molar-refractivity contribution is -0.172. The van der Waals surface area contributed by atoms with E-state index >= 15 is 0 Å². The Bertz CT molecular complexity index is 885. The molecule has 0 heterocycles. The lowest BCUT2D eigenvalue weighted by atomic mass is 10.2. The Morgan fingerprint density at radius 2 is 1.34 bits per heavy atom. The van der Waals surface area contributed by atoms with E-state index in [1.165, 1.54) is 20.8 Å². The third kappa shape index (κ3) is 6.81. The van der Waals surface area contributed by atoms with Crippen LogP contribution in [0.2, 0.25) is 0 Å². The van der Waals surface area contributed by atoms with Gasteiger partial charge in [-0.3, -0.25) is 14.6 Å². The van der Waals surface area contributed by atoms with Crippen molar-refractivity contribution in [1.29, 1.82) is 0 Å². The summed E-state index contributed by atoms with van der Waals surface area (Å²) in [7, 11) is -3.61. The van der Waals surface area contributed by atoms with Crippen LogP contribution in [0.4, 0.5) is 22.0 Å². The number of benzene rings is 1. The molecule has 8 nitrogen and oxygen atoms in total. The van der Waals surface area contributed by atoms with E-state index < -0.39 is 78.9 Å². The molecular weight excluding hydrogens is 466 g/mol. The van der Waals surface area contributed by atoms with Crippen LogP contribution >= 0.6 is 8.17 Å². The van der Waals surface area contributed by atoms with Crippen LogP contribution in [0, 0.1) is 29.1 Å². The molecule has 0 spiro atoms. The van der Waals surface area contributed by atoms with Gasteiger partial charge in [-0.15, -0.1) is 0 Å². The van der Waals surface area contributed by atoms with Gasteiger partial charge >= 0.3 is 20.1 Å². The topological polar surface area (TPSA) is 109 Å². The van der Waals surface area contributed by atoms with Crippen molar-refractivity contribution in [3.63, 3.8) is 0 Å². The van der Waals surface area contributed by atoms with Gasteiger partial charge in [0, 0.05) is 0 Å². The zero-order valence-electron chi connectivity index (χ0n) is 18.0. The summed E-state index contributed by atoms with van der Waals surface area (Å²) >= 11 is 0. The highest BCUT2D eigenvalue weighted by Crippen LogP contribution is 2.35. The molecule has 0 amide bonds. The second kappa shape index (κ2) is 11.0. The zero-order valence-corrected chi connectivity index (χ0v) is 18.9. The molecule has 0 fully saturated rings. The summed E-state index contributed by atoms with van der Waals surface area (Å²) in [6, 6.07) is -1.22. The van der Waals surface area contributed by atoms with Crippen molar-refractivity contribution in [3.05, 3.63) is 29.1 Å². The lowest BCUT2D eigenvalue weighted by Crippen LogP contribution is -2.55. The smallest absolute Gasteiger partial charge is 0.397 e. The number of hydrogen-bond acceptors (Lipinski definition) is 8. The van der Waals surface area contributed by atoms with Crippen molar-refractivity contribution in [2.75, 3.05) is 0 Å². The maximum absolute atomic E-state index is 13.8. The molecule has 0 radical (unpaired) electrons. The fourth-order valence-corrected chi connectivity index (χ4v) is 3.02. The number of nitrogens with one attached hydrogen (secondary N) is 1. The third-order valence-electron chi connectivity index (χ3n) is 3.56. The predicted octanol–water partition coefficient (Wildman–Crippen LogP) is 3.21. The largest absolute Gasteiger partial charge is 0.575 e. The number of carbonyl (C=O) groups is 2. The molecule has 0 aliphatic rings. The number of ether oxygens (including phenoxy) is 2. The monoisotopic (exact) mass is 488 g/mol. The Labute approximate surface area is 181 Å². The van der Waals surface area contributed by atoms with Crippen LogP contribution in [-0.2, 0) is 19.1 Å². The molecule has 0 saturated carbocycles. The third-order valence-corrected chi connectivity index (χ3v) is 4.47. The molecule has 14 heteroatoms. The molecule has 180 valence electrons. The fourth-order valence-electron chi connectivity index (χ4n) is 2.20. The van der Waals surface area contributed by atoms with Crippen molar-refractivity contribution >= 4 is 20.1 Å². The minimum atomic E-state index is -3.61. The molecule has 0 aliphatic carbocycles. The summed E-state index contributed by atoms with van der Waals surface area (Å²) in [5.74, 6) is -15.7. The van der Waals surface area contributed by atoms with Gasteiger partial charge in [0.1, 0.15) is 6.04 Å². The van der Waals surface area contributed by atoms with Gasteiger partial charge in [-0.25, -0.2) is 18.0 Å². The van der Waals surface area contributed by atoms with Crippen molar-refractivity contribution in [1.82, 2.24) is 5.32 Å². The highest BCUT2D eigenvalue weighted by Gasteiger charge is 2.42. The van der Waals surface area contributed by atoms with Crippen LogP contribution in [0.5, 0.6) is 5.75 Å². The standard InChI is InChI=1S/C18H22F5N2O6P/c1-7(2)29-16(26)9(5)24-18(6,17(27)30-8(3)4)25-32(28)31-15-13(22)11(20)10(19)12(21)14(15)23/h7-9,24H,1-6H3/t9-,18+/m1/s1. The Morgan fingerprint density at radius 1 is 0.906 bits per heavy atom. The Morgan fingerprint density at radius 3 is 1.78 bits per heavy atom. The molecule has 0 bridgehead atoms. The predicted molar refractivity (Wildman–Crippen MR) is 99.7 cm³/mol. The fraction of sp³-hybridized carbons (Fsp3) is 0.556. The summed E-state index contributed by atoms with van der Waals surface area (Å²) < 4.78 is 85.1. The van der Waals surface area contributed by atoms with E-state index in [1.807, 2.05) is 0 Å². The molecule has 1 aromatic rings. The number of halogens is 5. The first-order valence-electron chi connectivity index (χ1n) is 9.19. The second-order valence-corrected chi connectivity index (χ2v) is 8.06. The van der Waals surface area contributed by atoms with Crippen LogP contribution in [0.25, 0.3) is 0 Å². The van der Waals surface area contributed by atoms with Crippen LogP contribution in [0.1, 0.15) is 41.5 Å². The number of rotatable bonds is 9. The van der Waals surface area contributed by atoms with E-state index in [4.69, 9.17) is 9.47 Å². The van der Waals surface area contributed by atoms with Crippen LogP contribution in [0.3, 0.4) is 0 Å². The number of nitrogens with zero attached hydrogens (tertiary/aromatic N) is 1. The van der Waals surface area contributed by atoms with Crippen molar-refractivity contribution < 1.29 is 50.4 Å². The Kier molecular flexibility index (Phi) is 9.49. The van der Waals surface area contributed by atoms with Crippen LogP contribution in [0.15, 0.2) is 4.74 Å². The highest BCUT2D eigenvalue weighted by molar-refractivity contribution is 7.34. The number of hydrogen-bond donors (Lipinski definition) is 1. The molecule has 0 aromatic heterocycles. The zero-order chi connectivity index (χ0) is 25.0. The Balaban J connectivity index is 3.34. The van der Waals surface area contributed by atoms with Gasteiger partial charge in [0.2, 0.25) is 29.1 Å².